The van der Waals surface area contributed by atoms with E-state index in [1.165, 1.54) is 12.3 Å². The molecular formula is C27H30BFN4O3. The van der Waals surface area contributed by atoms with Crippen LogP contribution < -0.4 is 0 Å². The van der Waals surface area contributed by atoms with Crippen LogP contribution in [0.3, 0.4) is 0 Å². The number of hydrogen-bond donors (Lipinski definition) is 1. The molecule has 1 amide bonds. The number of aliphatic hydroxyl groups is 1. The van der Waals surface area contributed by atoms with Crippen molar-refractivity contribution in [2.45, 2.75) is 76.4 Å². The number of carbonyl (C=O) groups is 1. The standard InChI is InChI=1S/C27H30BFN4O3/c1-6-33(24(34)21-13-36-25(30-21)26(4,5)35)15(3)27-11-10-16(14(27)2)17-12-20(31-32-23(17)27)22-18(28)8-7-9-19(22)29/h9,12-13,15-16,35H,2,6-8,10-11H2,1,3-5H3/t15-,16+,27-/m0/s1. The van der Waals surface area contributed by atoms with Crippen molar-refractivity contribution in [3.8, 4) is 0 Å². The molecule has 36 heavy (non-hydrogen) atoms. The van der Waals surface area contributed by atoms with Crippen LogP contribution in [0.5, 0.6) is 0 Å². The van der Waals surface area contributed by atoms with Crippen molar-refractivity contribution < 1.29 is 18.7 Å². The first kappa shape index (κ1) is 24.6. The van der Waals surface area contributed by atoms with Crippen molar-refractivity contribution in [1.29, 1.82) is 0 Å². The Kier molecular flexibility index (Phi) is 5.82. The summed E-state index contributed by atoms with van der Waals surface area (Å²) in [6.07, 6.45) is 5.63. The van der Waals surface area contributed by atoms with Gasteiger partial charge in [-0.05, 0) is 71.1 Å². The molecule has 0 aromatic carbocycles. The summed E-state index contributed by atoms with van der Waals surface area (Å²) in [5.41, 5.74) is 2.30. The predicted octanol–water partition coefficient (Wildman–Crippen LogP) is 4.45. The van der Waals surface area contributed by atoms with E-state index in [0.29, 0.717) is 36.1 Å². The molecule has 7 nitrogen and oxygen atoms in total. The third-order valence-electron chi connectivity index (χ3n) is 8.02. The maximum Gasteiger partial charge on any atom is 0.276 e. The molecule has 1 N–H and O–H groups in total. The molecule has 2 bridgehead atoms. The van der Waals surface area contributed by atoms with E-state index < -0.39 is 11.0 Å². The molecule has 0 aliphatic heterocycles. The van der Waals surface area contributed by atoms with Crippen LogP contribution in [0, 0.1) is 0 Å². The number of amides is 1. The average molecular weight is 488 g/mol. The van der Waals surface area contributed by atoms with Gasteiger partial charge in [0.1, 0.15) is 25.5 Å². The Balaban J connectivity index is 1.52. The first-order valence-corrected chi connectivity index (χ1v) is 12.4. The first-order chi connectivity index (χ1) is 17.0. The fourth-order valence-electron chi connectivity index (χ4n) is 6.13. The smallest absolute Gasteiger partial charge is 0.276 e. The first-order valence-electron chi connectivity index (χ1n) is 12.4. The molecule has 2 radical (unpaired) electrons. The quantitative estimate of drug-likeness (QED) is 0.477. The molecule has 5 rings (SSSR count). The largest absolute Gasteiger partial charge is 0.445 e. The van der Waals surface area contributed by atoms with Crippen molar-refractivity contribution in [3.05, 3.63) is 70.4 Å². The Morgan fingerprint density at radius 2 is 2.19 bits per heavy atom. The Morgan fingerprint density at radius 3 is 2.83 bits per heavy atom. The van der Waals surface area contributed by atoms with Crippen molar-refractivity contribution in [3.63, 3.8) is 0 Å². The maximum atomic E-state index is 14.6. The van der Waals surface area contributed by atoms with Crippen molar-refractivity contribution in [1.82, 2.24) is 20.1 Å². The minimum absolute atomic E-state index is 0.0665. The number of allylic oxidation sites excluding steroid dienone is 4. The summed E-state index contributed by atoms with van der Waals surface area (Å²) in [5.74, 6) is -0.504. The second-order valence-electron chi connectivity index (χ2n) is 10.5. The van der Waals surface area contributed by atoms with Gasteiger partial charge in [-0.3, -0.25) is 4.79 Å². The lowest BCUT2D eigenvalue weighted by molar-refractivity contribution is 0.0482. The Bertz CT molecular complexity index is 1320. The normalized spacial score (nSPS) is 24.1. The summed E-state index contributed by atoms with van der Waals surface area (Å²) in [4.78, 5) is 19.5. The van der Waals surface area contributed by atoms with E-state index in [4.69, 9.17) is 12.3 Å². The highest BCUT2D eigenvalue weighted by molar-refractivity contribution is 6.26. The Labute approximate surface area is 211 Å². The topological polar surface area (TPSA) is 92.4 Å². The molecule has 9 heteroatoms. The van der Waals surface area contributed by atoms with E-state index in [9.17, 15) is 14.3 Å². The number of likely N-dealkylation sites (N-methyl/N-ethyl adjacent to an activating group) is 1. The summed E-state index contributed by atoms with van der Waals surface area (Å²) in [5, 5.41) is 19.2. The minimum atomic E-state index is -1.30. The molecule has 3 atom stereocenters. The molecule has 2 aromatic heterocycles. The van der Waals surface area contributed by atoms with Crippen LogP contribution in [-0.2, 0) is 11.0 Å². The van der Waals surface area contributed by atoms with Gasteiger partial charge in [0.05, 0.1) is 16.8 Å². The molecule has 2 aromatic rings. The average Bonchev–Trinajstić information content (AvgIpc) is 3.51. The molecule has 1 fully saturated rings. The van der Waals surface area contributed by atoms with E-state index in [0.717, 1.165) is 29.7 Å². The van der Waals surface area contributed by atoms with Crippen LogP contribution in [0.15, 0.2) is 46.3 Å². The summed E-state index contributed by atoms with van der Waals surface area (Å²) in [7, 11) is 6.14. The van der Waals surface area contributed by atoms with Crippen LogP contribution in [0.4, 0.5) is 4.39 Å². The van der Waals surface area contributed by atoms with Gasteiger partial charge in [-0.25, -0.2) is 9.37 Å². The molecule has 1 saturated carbocycles. The number of rotatable bonds is 6. The zero-order valence-electron chi connectivity index (χ0n) is 21.1. The third kappa shape index (κ3) is 3.50. The Hall–Kier alpha value is -3.07. The second kappa shape index (κ2) is 8.51. The molecule has 0 saturated heterocycles. The van der Waals surface area contributed by atoms with Gasteiger partial charge in [-0.15, -0.1) is 5.47 Å². The van der Waals surface area contributed by atoms with Gasteiger partial charge in [0.2, 0.25) is 5.89 Å². The van der Waals surface area contributed by atoms with Gasteiger partial charge >= 0.3 is 0 Å². The number of carbonyl (C=O) groups excluding carboxylic acids is 1. The monoisotopic (exact) mass is 488 g/mol. The van der Waals surface area contributed by atoms with Crippen molar-refractivity contribution in [2.75, 3.05) is 6.54 Å². The number of nitrogens with zero attached hydrogens (tertiary/aromatic N) is 4. The van der Waals surface area contributed by atoms with Gasteiger partial charge in [-0.2, -0.15) is 10.2 Å². The zero-order chi connectivity index (χ0) is 26.0. The number of halogens is 1. The molecule has 3 aliphatic carbocycles. The molecule has 2 heterocycles. The molecule has 0 spiro atoms. The maximum absolute atomic E-state index is 14.6. The molecule has 186 valence electrons. The van der Waals surface area contributed by atoms with Crippen LogP contribution in [0.1, 0.15) is 92.6 Å². The second-order valence-corrected chi connectivity index (χ2v) is 10.5. The summed E-state index contributed by atoms with van der Waals surface area (Å²) < 4.78 is 20.0. The van der Waals surface area contributed by atoms with Gasteiger partial charge in [0.15, 0.2) is 5.69 Å². The van der Waals surface area contributed by atoms with E-state index in [2.05, 4.69) is 21.8 Å². The highest BCUT2D eigenvalue weighted by Gasteiger charge is 2.58. The molecule has 0 unspecified atom stereocenters. The lowest BCUT2D eigenvalue weighted by Gasteiger charge is -2.41. The van der Waals surface area contributed by atoms with Crippen molar-refractivity contribution >= 4 is 19.3 Å². The highest BCUT2D eigenvalue weighted by atomic mass is 19.1. The van der Waals surface area contributed by atoms with E-state index in [1.54, 1.807) is 18.7 Å². The highest BCUT2D eigenvalue weighted by Crippen LogP contribution is 2.62. The fourth-order valence-corrected chi connectivity index (χ4v) is 6.13. The zero-order valence-corrected chi connectivity index (χ0v) is 21.1. The van der Waals surface area contributed by atoms with Gasteiger partial charge in [-0.1, -0.05) is 12.2 Å². The number of oxazole rings is 1. The predicted molar refractivity (Wildman–Crippen MR) is 134 cm³/mol. The van der Waals surface area contributed by atoms with Gasteiger partial charge < -0.3 is 14.4 Å². The van der Waals surface area contributed by atoms with Gasteiger partial charge in [0, 0.05) is 24.1 Å². The van der Waals surface area contributed by atoms with Crippen LogP contribution >= 0.6 is 0 Å². The minimum Gasteiger partial charge on any atom is -0.445 e. The van der Waals surface area contributed by atoms with E-state index in [1.807, 2.05) is 19.9 Å². The molecule has 3 aliphatic rings. The van der Waals surface area contributed by atoms with Crippen LogP contribution in [-0.4, -0.2) is 51.5 Å². The third-order valence-corrected chi connectivity index (χ3v) is 8.02. The number of fused-ring (bicyclic) bond motifs is 5. The van der Waals surface area contributed by atoms with E-state index >= 15 is 0 Å². The van der Waals surface area contributed by atoms with E-state index in [-0.39, 0.29) is 35.3 Å². The van der Waals surface area contributed by atoms with Crippen LogP contribution in [0.25, 0.3) is 5.57 Å². The van der Waals surface area contributed by atoms with Gasteiger partial charge in [0.25, 0.3) is 5.91 Å². The summed E-state index contributed by atoms with van der Waals surface area (Å²) in [6, 6.07) is 1.62. The summed E-state index contributed by atoms with van der Waals surface area (Å²) >= 11 is 0. The molecular weight excluding hydrogens is 458 g/mol. The lowest BCUT2D eigenvalue weighted by Crippen LogP contribution is -2.51. The lowest BCUT2D eigenvalue weighted by atomic mass is 9.74. The fraction of sp³-hybridized carbons (Fsp3) is 0.481. The number of aromatic nitrogens is 3. The van der Waals surface area contributed by atoms with Crippen LogP contribution in [0.2, 0.25) is 0 Å². The summed E-state index contributed by atoms with van der Waals surface area (Å²) in [6.45, 7) is 11.9. The van der Waals surface area contributed by atoms with Crippen molar-refractivity contribution in [2.24, 2.45) is 0 Å². The Morgan fingerprint density at radius 1 is 1.44 bits per heavy atom. The SMILES string of the molecule is [B]C1=C(c2cc3c(nn2)[C@@]2([C@H](C)N(CC)C(=O)c4coc(C(C)(C)O)n4)CC[C@@H]3C2=C)C(F)=CCC1. The number of hydrogen-bond acceptors (Lipinski definition) is 6.